The molecule has 0 heterocycles. The Bertz CT molecular complexity index is 482. The van der Waals surface area contributed by atoms with E-state index >= 15 is 0 Å². The Hall–Kier alpha value is -1.07. The molecule has 3 unspecified atom stereocenters. The van der Waals surface area contributed by atoms with Crippen LogP contribution in [0.25, 0.3) is 0 Å². The summed E-state index contributed by atoms with van der Waals surface area (Å²) in [5.74, 6) is -0.186. The fourth-order valence-electron chi connectivity index (χ4n) is 2.15. The van der Waals surface area contributed by atoms with Crippen molar-refractivity contribution < 1.29 is 24.3 Å². The van der Waals surface area contributed by atoms with Gasteiger partial charge in [0.25, 0.3) is 0 Å². The van der Waals surface area contributed by atoms with Gasteiger partial charge in [-0.05, 0) is 55.3 Å². The van der Waals surface area contributed by atoms with Gasteiger partial charge in [0.15, 0.2) is 0 Å². The second-order valence-corrected chi connectivity index (χ2v) is 8.60. The maximum atomic E-state index is 12.6. The number of nitrogens with one attached hydrogen (secondary N) is 3. The summed E-state index contributed by atoms with van der Waals surface area (Å²) in [4.78, 5) is 47.1. The molecule has 0 saturated heterocycles. The highest BCUT2D eigenvalue weighted by atomic mass is 32.2. The standard InChI is InChI=1S/C16H29N3O5S3/c1-25-7-4-11(17-10-20)14(21)18-12(5-8-26-2)15(22)19-13(16(23)24)6-9-27-3/h10-13H,4-9H2,1-3H3,(H,17,20)(H,18,21)(H,19,22)(H,23,24). The summed E-state index contributed by atoms with van der Waals surface area (Å²) in [6.07, 6.45) is 7.20. The van der Waals surface area contributed by atoms with Gasteiger partial charge in [-0.1, -0.05) is 0 Å². The molecule has 3 amide bonds. The molecule has 0 fully saturated rings. The molecule has 0 aromatic rings. The first kappa shape index (κ1) is 25.9. The Labute approximate surface area is 173 Å². The van der Waals surface area contributed by atoms with Crippen LogP contribution in [0, 0.1) is 0 Å². The maximum Gasteiger partial charge on any atom is 0.326 e. The molecular formula is C16H29N3O5S3. The summed E-state index contributed by atoms with van der Waals surface area (Å²) < 4.78 is 0. The maximum absolute atomic E-state index is 12.6. The Morgan fingerprint density at radius 3 is 1.67 bits per heavy atom. The fourth-order valence-corrected chi connectivity index (χ4v) is 3.56. The van der Waals surface area contributed by atoms with Crippen LogP contribution in [0.1, 0.15) is 19.3 Å². The van der Waals surface area contributed by atoms with Gasteiger partial charge in [0, 0.05) is 0 Å². The van der Waals surface area contributed by atoms with Crippen LogP contribution < -0.4 is 16.0 Å². The average molecular weight is 440 g/mol. The fraction of sp³-hybridized carbons (Fsp3) is 0.750. The second kappa shape index (κ2) is 15.9. The van der Waals surface area contributed by atoms with Gasteiger partial charge in [0.1, 0.15) is 18.1 Å². The normalized spacial score (nSPS) is 13.9. The van der Waals surface area contributed by atoms with Crippen LogP contribution in [-0.4, -0.2) is 83.5 Å². The number of hydrogen-bond donors (Lipinski definition) is 4. The van der Waals surface area contributed by atoms with Gasteiger partial charge < -0.3 is 21.1 Å². The summed E-state index contributed by atoms with van der Waals surface area (Å²) >= 11 is 4.56. The third-order valence-electron chi connectivity index (χ3n) is 3.67. The lowest BCUT2D eigenvalue weighted by molar-refractivity contribution is -0.142. The number of hydrogen-bond acceptors (Lipinski definition) is 7. The largest absolute Gasteiger partial charge is 0.480 e. The molecule has 27 heavy (non-hydrogen) atoms. The van der Waals surface area contributed by atoms with Crippen molar-refractivity contribution in [3.05, 3.63) is 0 Å². The van der Waals surface area contributed by atoms with Gasteiger partial charge in [0.05, 0.1) is 0 Å². The second-order valence-electron chi connectivity index (χ2n) is 5.64. The van der Waals surface area contributed by atoms with Crippen molar-refractivity contribution in [1.82, 2.24) is 16.0 Å². The molecule has 0 aromatic heterocycles. The number of thioether (sulfide) groups is 3. The van der Waals surface area contributed by atoms with E-state index in [2.05, 4.69) is 16.0 Å². The van der Waals surface area contributed by atoms with Crippen molar-refractivity contribution in [1.29, 1.82) is 0 Å². The molecule has 0 radical (unpaired) electrons. The minimum Gasteiger partial charge on any atom is -0.480 e. The summed E-state index contributed by atoms with van der Waals surface area (Å²) in [6, 6.07) is -2.59. The van der Waals surface area contributed by atoms with Gasteiger partial charge in [-0.15, -0.1) is 0 Å². The van der Waals surface area contributed by atoms with E-state index in [1.54, 1.807) is 11.8 Å². The number of carbonyl (C=O) groups excluding carboxylic acids is 3. The minimum absolute atomic E-state index is 0.300. The molecule has 11 heteroatoms. The number of amides is 3. The zero-order chi connectivity index (χ0) is 20.7. The number of aliphatic carboxylic acids is 1. The third kappa shape index (κ3) is 11.4. The summed E-state index contributed by atoms with van der Waals surface area (Å²) in [5.41, 5.74) is 0. The van der Waals surface area contributed by atoms with E-state index in [4.69, 9.17) is 0 Å². The highest BCUT2D eigenvalue weighted by molar-refractivity contribution is 7.98. The topological polar surface area (TPSA) is 125 Å². The van der Waals surface area contributed by atoms with E-state index in [1.807, 2.05) is 18.8 Å². The van der Waals surface area contributed by atoms with E-state index in [0.717, 1.165) is 0 Å². The van der Waals surface area contributed by atoms with Gasteiger partial charge in [0.2, 0.25) is 18.2 Å². The van der Waals surface area contributed by atoms with Crippen molar-refractivity contribution >= 4 is 59.5 Å². The van der Waals surface area contributed by atoms with E-state index in [9.17, 15) is 24.3 Å². The lowest BCUT2D eigenvalue weighted by Gasteiger charge is -2.23. The highest BCUT2D eigenvalue weighted by Gasteiger charge is 2.28. The van der Waals surface area contributed by atoms with E-state index in [1.165, 1.54) is 23.5 Å². The van der Waals surface area contributed by atoms with Gasteiger partial charge >= 0.3 is 5.97 Å². The first-order valence-corrected chi connectivity index (χ1v) is 12.6. The van der Waals surface area contributed by atoms with E-state index in [-0.39, 0.29) is 0 Å². The molecule has 156 valence electrons. The molecule has 0 aliphatic heterocycles. The lowest BCUT2D eigenvalue weighted by atomic mass is 10.1. The van der Waals surface area contributed by atoms with Crippen molar-refractivity contribution in [3.8, 4) is 0 Å². The van der Waals surface area contributed by atoms with Gasteiger partial charge in [-0.3, -0.25) is 14.4 Å². The Morgan fingerprint density at radius 1 is 0.815 bits per heavy atom. The van der Waals surface area contributed by atoms with Crippen LogP contribution in [0.3, 0.4) is 0 Å². The van der Waals surface area contributed by atoms with E-state index in [0.29, 0.717) is 42.9 Å². The predicted octanol–water partition coefficient (Wildman–Crippen LogP) is 0.415. The number of rotatable bonds is 16. The molecule has 0 aliphatic carbocycles. The molecule has 0 rings (SSSR count). The zero-order valence-electron chi connectivity index (χ0n) is 15.9. The summed E-state index contributed by atoms with van der Waals surface area (Å²) in [5, 5.41) is 16.9. The molecule has 0 aromatic carbocycles. The summed E-state index contributed by atoms with van der Waals surface area (Å²) in [7, 11) is 0. The van der Waals surface area contributed by atoms with Crippen molar-refractivity contribution in [2.75, 3.05) is 36.0 Å². The quantitative estimate of drug-likeness (QED) is 0.255. The number of carboxylic acid groups (broad SMARTS) is 1. The van der Waals surface area contributed by atoms with Crippen LogP contribution in [0.4, 0.5) is 0 Å². The first-order chi connectivity index (χ1) is 12.9. The van der Waals surface area contributed by atoms with Crippen molar-refractivity contribution in [3.63, 3.8) is 0 Å². The minimum atomic E-state index is -1.10. The van der Waals surface area contributed by atoms with Gasteiger partial charge in [-0.2, -0.15) is 35.3 Å². The first-order valence-electron chi connectivity index (χ1n) is 8.41. The Morgan fingerprint density at radius 2 is 1.22 bits per heavy atom. The monoisotopic (exact) mass is 439 g/mol. The van der Waals surface area contributed by atoms with Gasteiger partial charge in [-0.25, -0.2) is 4.79 Å². The molecule has 0 saturated carbocycles. The van der Waals surface area contributed by atoms with Crippen LogP contribution in [-0.2, 0) is 19.2 Å². The van der Waals surface area contributed by atoms with Crippen molar-refractivity contribution in [2.24, 2.45) is 0 Å². The van der Waals surface area contributed by atoms with Crippen LogP contribution >= 0.6 is 35.3 Å². The average Bonchev–Trinajstić information content (AvgIpc) is 2.64. The summed E-state index contributed by atoms with van der Waals surface area (Å²) in [6.45, 7) is 0. The molecular weight excluding hydrogens is 410 g/mol. The predicted molar refractivity (Wildman–Crippen MR) is 113 cm³/mol. The zero-order valence-corrected chi connectivity index (χ0v) is 18.3. The molecule has 3 atom stereocenters. The third-order valence-corrected chi connectivity index (χ3v) is 5.60. The smallest absolute Gasteiger partial charge is 0.326 e. The highest BCUT2D eigenvalue weighted by Crippen LogP contribution is 2.07. The molecule has 0 aliphatic rings. The van der Waals surface area contributed by atoms with Crippen LogP contribution in [0.2, 0.25) is 0 Å². The SMILES string of the molecule is CSCCC(NC(=O)C(CCSC)NC(=O)C(CCSC)NC=O)C(=O)O. The van der Waals surface area contributed by atoms with Crippen LogP contribution in [0.5, 0.6) is 0 Å². The number of carbonyl (C=O) groups is 4. The molecule has 8 nitrogen and oxygen atoms in total. The molecule has 0 bridgehead atoms. The van der Waals surface area contributed by atoms with E-state index < -0.39 is 35.9 Å². The van der Waals surface area contributed by atoms with Crippen molar-refractivity contribution in [2.45, 2.75) is 37.4 Å². The van der Waals surface area contributed by atoms with Crippen LogP contribution in [0.15, 0.2) is 0 Å². The number of carboxylic acids is 1. The molecule has 4 N–H and O–H groups in total. The Kier molecular flexibility index (Phi) is 15.3. The lowest BCUT2D eigenvalue weighted by Crippen LogP contribution is -2.55. The Balaban J connectivity index is 5.05. The molecule has 0 spiro atoms.